The largest absolute Gasteiger partial charge is 0.469 e. The van der Waals surface area contributed by atoms with Crippen LogP contribution in [0.25, 0.3) is 5.78 Å². The van der Waals surface area contributed by atoms with Crippen molar-refractivity contribution in [2.24, 2.45) is 0 Å². The lowest BCUT2D eigenvalue weighted by atomic mass is 10.0. The molecule has 1 unspecified atom stereocenters. The predicted octanol–water partition coefficient (Wildman–Crippen LogP) is 2.75. The number of hydrogen-bond acceptors (Lipinski definition) is 6. The van der Waals surface area contributed by atoms with Crippen molar-refractivity contribution in [2.75, 3.05) is 7.11 Å². The number of methoxy groups -OCH3 is 1. The normalized spacial score (nSPS) is 12.0. The van der Waals surface area contributed by atoms with E-state index in [2.05, 4.69) is 20.4 Å². The third-order valence-electron chi connectivity index (χ3n) is 4.80. The monoisotopic (exact) mass is 415 g/mol. The van der Waals surface area contributed by atoms with Crippen molar-refractivity contribution in [1.29, 1.82) is 0 Å². The molecule has 1 aromatic carbocycles. The van der Waals surface area contributed by atoms with Crippen LogP contribution in [0.3, 0.4) is 0 Å². The summed E-state index contributed by atoms with van der Waals surface area (Å²) in [5.41, 5.74) is 3.46. The smallest absolute Gasteiger partial charge is 0.307 e. The Labute approximate surface area is 173 Å². The second-order valence-corrected chi connectivity index (χ2v) is 7.12. The van der Waals surface area contributed by atoms with E-state index in [1.165, 1.54) is 13.4 Å². The van der Waals surface area contributed by atoms with Gasteiger partial charge in [0.2, 0.25) is 5.91 Å². The lowest BCUT2D eigenvalue weighted by Crippen LogP contribution is -2.30. The van der Waals surface area contributed by atoms with Gasteiger partial charge >= 0.3 is 5.97 Å². The van der Waals surface area contributed by atoms with Gasteiger partial charge in [-0.1, -0.05) is 23.7 Å². The second kappa shape index (κ2) is 9.00. The summed E-state index contributed by atoms with van der Waals surface area (Å²) in [5.74, 6) is -0.0433. The van der Waals surface area contributed by atoms with Crippen LogP contribution in [0.15, 0.2) is 30.6 Å². The first-order valence-corrected chi connectivity index (χ1v) is 9.54. The topological polar surface area (TPSA) is 98.5 Å². The van der Waals surface area contributed by atoms with Crippen LogP contribution in [0.4, 0.5) is 0 Å². The number of amides is 1. The van der Waals surface area contributed by atoms with Gasteiger partial charge in [-0.3, -0.25) is 9.59 Å². The van der Waals surface area contributed by atoms with Crippen molar-refractivity contribution >= 4 is 29.3 Å². The minimum atomic E-state index is -0.495. The molecule has 3 rings (SSSR count). The van der Waals surface area contributed by atoms with Crippen LogP contribution >= 0.6 is 11.6 Å². The Balaban J connectivity index is 1.71. The zero-order chi connectivity index (χ0) is 21.0. The molecule has 1 N–H and O–H groups in total. The summed E-state index contributed by atoms with van der Waals surface area (Å²) in [7, 11) is 1.32. The minimum Gasteiger partial charge on any atom is -0.469 e. The Morgan fingerprint density at radius 2 is 1.97 bits per heavy atom. The van der Waals surface area contributed by atoms with Gasteiger partial charge < -0.3 is 10.1 Å². The highest BCUT2D eigenvalue weighted by Gasteiger charge is 2.20. The molecule has 0 bridgehead atoms. The fraction of sp³-hybridized carbons (Fsp3) is 0.350. The molecule has 2 aromatic heterocycles. The van der Waals surface area contributed by atoms with Crippen molar-refractivity contribution in [3.8, 4) is 0 Å². The maximum atomic E-state index is 12.6. The number of aromatic nitrogens is 4. The third kappa shape index (κ3) is 4.89. The molecule has 0 fully saturated rings. The number of fused-ring (bicyclic) bond motifs is 1. The van der Waals surface area contributed by atoms with Crippen LogP contribution in [0.2, 0.25) is 5.02 Å². The number of hydrogen-bond donors (Lipinski definition) is 1. The maximum Gasteiger partial charge on any atom is 0.307 e. The Morgan fingerprint density at radius 3 is 2.66 bits per heavy atom. The van der Waals surface area contributed by atoms with E-state index in [4.69, 9.17) is 16.3 Å². The van der Waals surface area contributed by atoms with E-state index < -0.39 is 12.0 Å². The van der Waals surface area contributed by atoms with Crippen LogP contribution in [0.5, 0.6) is 0 Å². The number of esters is 1. The highest BCUT2D eigenvalue weighted by atomic mass is 35.5. The van der Waals surface area contributed by atoms with Crippen LogP contribution in [0.1, 0.15) is 41.4 Å². The SMILES string of the molecule is COC(=O)CC(NC(=O)CCc1c(C)nc2ncnn2c1C)c1ccc(Cl)cc1. The van der Waals surface area contributed by atoms with Gasteiger partial charge in [0.05, 0.1) is 19.6 Å². The van der Waals surface area contributed by atoms with Gasteiger partial charge in [0.15, 0.2) is 0 Å². The number of halogens is 1. The Hall–Kier alpha value is -3.00. The predicted molar refractivity (Wildman–Crippen MR) is 108 cm³/mol. The van der Waals surface area contributed by atoms with E-state index in [0.717, 1.165) is 22.5 Å². The van der Waals surface area contributed by atoms with Crippen molar-refractivity contribution < 1.29 is 14.3 Å². The number of aryl methyl sites for hydroxylation is 2. The maximum absolute atomic E-state index is 12.6. The molecule has 0 aliphatic heterocycles. The Kier molecular flexibility index (Phi) is 6.43. The molecular formula is C20H22ClN5O3. The van der Waals surface area contributed by atoms with E-state index in [1.807, 2.05) is 13.8 Å². The van der Waals surface area contributed by atoms with Gasteiger partial charge in [-0.05, 0) is 43.5 Å². The first kappa shape index (κ1) is 20.7. The van der Waals surface area contributed by atoms with Gasteiger partial charge in [-0.15, -0.1) is 0 Å². The first-order chi connectivity index (χ1) is 13.9. The molecule has 9 heteroatoms. The third-order valence-corrected chi connectivity index (χ3v) is 5.05. The van der Waals surface area contributed by atoms with Crippen LogP contribution in [-0.4, -0.2) is 38.6 Å². The van der Waals surface area contributed by atoms with Crippen LogP contribution < -0.4 is 5.32 Å². The number of carbonyl (C=O) groups is 2. The van der Waals surface area contributed by atoms with E-state index in [0.29, 0.717) is 17.2 Å². The Bertz CT molecular complexity index is 1030. The molecule has 1 amide bonds. The standard InChI is InChI=1S/C20H22ClN5O3/c1-12-16(13(2)26-20(24-12)22-11-23-26)8-9-18(27)25-17(10-19(28)29-3)14-4-6-15(21)7-5-14/h4-7,11,17H,8-10H2,1-3H3,(H,25,27). The van der Waals surface area contributed by atoms with E-state index in [-0.39, 0.29) is 18.7 Å². The first-order valence-electron chi connectivity index (χ1n) is 9.16. The van der Waals surface area contributed by atoms with Gasteiger partial charge in [0.25, 0.3) is 5.78 Å². The van der Waals surface area contributed by atoms with Gasteiger partial charge in [0.1, 0.15) is 6.33 Å². The number of benzene rings is 1. The number of rotatable bonds is 7. The molecule has 0 radical (unpaired) electrons. The summed E-state index contributed by atoms with van der Waals surface area (Å²) in [6.45, 7) is 3.82. The second-order valence-electron chi connectivity index (χ2n) is 6.68. The molecule has 29 heavy (non-hydrogen) atoms. The molecule has 0 saturated carbocycles. The van der Waals surface area contributed by atoms with Crippen molar-refractivity contribution in [1.82, 2.24) is 24.9 Å². The van der Waals surface area contributed by atoms with Crippen LogP contribution in [-0.2, 0) is 20.7 Å². The van der Waals surface area contributed by atoms with Crippen molar-refractivity contribution in [3.63, 3.8) is 0 Å². The lowest BCUT2D eigenvalue weighted by molar-refractivity contribution is -0.141. The zero-order valence-corrected chi connectivity index (χ0v) is 17.2. The number of nitrogens with one attached hydrogen (secondary N) is 1. The zero-order valence-electron chi connectivity index (χ0n) is 16.5. The summed E-state index contributed by atoms with van der Waals surface area (Å²) < 4.78 is 6.42. The van der Waals surface area contributed by atoms with Gasteiger partial charge in [-0.25, -0.2) is 9.50 Å². The molecule has 0 aliphatic rings. The lowest BCUT2D eigenvalue weighted by Gasteiger charge is -2.19. The molecule has 1 atom stereocenters. The van der Waals surface area contributed by atoms with Gasteiger partial charge in [-0.2, -0.15) is 10.1 Å². The average Bonchev–Trinajstić information content (AvgIpc) is 3.16. The minimum absolute atomic E-state index is 0.0361. The summed E-state index contributed by atoms with van der Waals surface area (Å²) in [6.07, 6.45) is 2.23. The number of carbonyl (C=O) groups excluding carboxylic acids is 2. The van der Waals surface area contributed by atoms with Crippen molar-refractivity contribution in [3.05, 3.63) is 58.1 Å². The highest BCUT2D eigenvalue weighted by molar-refractivity contribution is 6.30. The van der Waals surface area contributed by atoms with E-state index in [9.17, 15) is 9.59 Å². The molecule has 2 heterocycles. The summed E-state index contributed by atoms with van der Waals surface area (Å²) in [4.78, 5) is 32.9. The number of nitrogens with zero attached hydrogens (tertiary/aromatic N) is 4. The molecule has 152 valence electrons. The molecule has 8 nitrogen and oxygen atoms in total. The molecule has 0 saturated heterocycles. The average molecular weight is 416 g/mol. The molecular weight excluding hydrogens is 394 g/mol. The van der Waals surface area contributed by atoms with Gasteiger partial charge in [0, 0.05) is 22.8 Å². The van der Waals surface area contributed by atoms with E-state index >= 15 is 0 Å². The van der Waals surface area contributed by atoms with Crippen molar-refractivity contribution in [2.45, 2.75) is 39.2 Å². The molecule has 0 spiro atoms. The summed E-state index contributed by atoms with van der Waals surface area (Å²) in [5, 5.41) is 7.67. The molecule has 0 aliphatic carbocycles. The van der Waals surface area contributed by atoms with E-state index in [1.54, 1.807) is 28.8 Å². The fourth-order valence-corrected chi connectivity index (χ4v) is 3.35. The summed E-state index contributed by atoms with van der Waals surface area (Å²) >= 11 is 5.94. The number of ether oxygens (including phenoxy) is 1. The quantitative estimate of drug-likeness (QED) is 0.596. The highest BCUT2D eigenvalue weighted by Crippen LogP contribution is 2.21. The summed E-state index contributed by atoms with van der Waals surface area (Å²) in [6, 6.07) is 6.52. The van der Waals surface area contributed by atoms with Crippen LogP contribution in [0, 0.1) is 13.8 Å². The fourth-order valence-electron chi connectivity index (χ4n) is 3.22. The Morgan fingerprint density at radius 1 is 1.24 bits per heavy atom. The molecule has 3 aromatic rings.